The second-order valence-corrected chi connectivity index (χ2v) is 12.8. The Morgan fingerprint density at radius 2 is 1.06 bits per heavy atom. The fourth-order valence-corrected chi connectivity index (χ4v) is 6.53. The predicted octanol–water partition coefficient (Wildman–Crippen LogP) is 6.28. The summed E-state index contributed by atoms with van der Waals surface area (Å²) in [5, 5.41) is 5.21. The second kappa shape index (κ2) is 12.7. The lowest BCUT2D eigenvalue weighted by Crippen LogP contribution is -2.90. The molecule has 2 rings (SSSR count). The number of allylic oxidation sites excluding steroid dienone is 4. The van der Waals surface area contributed by atoms with Gasteiger partial charge < -0.3 is 10.6 Å². The van der Waals surface area contributed by atoms with Crippen LogP contribution in [0.4, 0.5) is 0 Å². The average molecular weight is 447 g/mol. The van der Waals surface area contributed by atoms with Crippen LogP contribution in [0.3, 0.4) is 0 Å². The first-order valence-electron chi connectivity index (χ1n) is 14.1. The van der Waals surface area contributed by atoms with Crippen LogP contribution in [-0.2, 0) is 0 Å². The van der Waals surface area contributed by atoms with Crippen molar-refractivity contribution in [2.45, 2.75) is 145 Å². The molecule has 0 fully saturated rings. The molecule has 0 amide bonds. The molecular formula is C30H58N2+2. The number of hydrogen-bond donors (Lipinski definition) is 2. The Morgan fingerprint density at radius 1 is 0.688 bits per heavy atom. The van der Waals surface area contributed by atoms with Crippen LogP contribution in [-0.4, -0.2) is 25.2 Å². The minimum absolute atomic E-state index is 0.441. The molecule has 4 N–H and O–H groups in total. The van der Waals surface area contributed by atoms with Gasteiger partial charge in [-0.15, -0.1) is 0 Å². The van der Waals surface area contributed by atoms with Crippen LogP contribution >= 0.6 is 0 Å². The molecule has 2 atom stereocenters. The molecule has 2 heteroatoms. The van der Waals surface area contributed by atoms with Gasteiger partial charge in [0.25, 0.3) is 0 Å². The molecule has 2 nitrogen and oxygen atoms in total. The van der Waals surface area contributed by atoms with E-state index in [-0.39, 0.29) is 0 Å². The first-order valence-corrected chi connectivity index (χ1v) is 14.1. The van der Waals surface area contributed by atoms with E-state index in [4.69, 9.17) is 0 Å². The fourth-order valence-electron chi connectivity index (χ4n) is 6.53. The van der Waals surface area contributed by atoms with Crippen molar-refractivity contribution in [3.05, 3.63) is 22.3 Å². The van der Waals surface area contributed by atoms with E-state index in [1.165, 1.54) is 90.1 Å². The van der Waals surface area contributed by atoms with Gasteiger partial charge in [0.15, 0.2) is 0 Å². The van der Waals surface area contributed by atoms with Gasteiger partial charge in [-0.1, -0.05) is 50.0 Å². The third-order valence-corrected chi connectivity index (χ3v) is 8.87. The number of nitrogens with two attached hydrogens (primary N) is 2. The summed E-state index contributed by atoms with van der Waals surface area (Å²) in [4.78, 5) is 0. The summed E-state index contributed by atoms with van der Waals surface area (Å²) in [7, 11) is 0. The van der Waals surface area contributed by atoms with Gasteiger partial charge in [-0.05, 0) is 89.9 Å². The van der Waals surface area contributed by atoms with Crippen molar-refractivity contribution in [1.29, 1.82) is 0 Å². The zero-order valence-corrected chi connectivity index (χ0v) is 23.2. The highest BCUT2D eigenvalue weighted by molar-refractivity contribution is 5.23. The molecule has 0 spiro atoms. The zero-order chi connectivity index (χ0) is 23.8. The second-order valence-electron chi connectivity index (χ2n) is 12.8. The van der Waals surface area contributed by atoms with Crippen LogP contribution in [0.1, 0.15) is 132 Å². The summed E-state index contributed by atoms with van der Waals surface area (Å²) < 4.78 is 0. The number of unbranched alkanes of at least 4 members (excludes halogenated alkanes) is 1. The van der Waals surface area contributed by atoms with Gasteiger partial charge in [-0.25, -0.2) is 0 Å². The van der Waals surface area contributed by atoms with Crippen molar-refractivity contribution in [1.82, 2.24) is 0 Å². The number of quaternary nitrogens is 2. The van der Waals surface area contributed by atoms with Crippen LogP contribution in [0.5, 0.6) is 0 Å². The smallest absolute Gasteiger partial charge is 0.0833 e. The number of rotatable bonds is 13. The Bertz CT molecular complexity index is 581. The third-order valence-electron chi connectivity index (χ3n) is 8.87. The van der Waals surface area contributed by atoms with Gasteiger partial charge in [0.2, 0.25) is 0 Å². The molecule has 0 aromatic carbocycles. The summed E-state index contributed by atoms with van der Waals surface area (Å²) in [6, 6.07) is 1.51. The molecule has 186 valence electrons. The maximum Gasteiger partial charge on any atom is 0.0833 e. The lowest BCUT2D eigenvalue weighted by Gasteiger charge is -2.35. The first kappa shape index (κ1) is 27.6. The monoisotopic (exact) mass is 446 g/mol. The van der Waals surface area contributed by atoms with Crippen LogP contribution in [0.25, 0.3) is 0 Å². The predicted molar refractivity (Wildman–Crippen MR) is 141 cm³/mol. The molecule has 0 bridgehead atoms. The Morgan fingerprint density at radius 3 is 1.41 bits per heavy atom. The molecule has 2 aliphatic rings. The van der Waals surface area contributed by atoms with Crippen molar-refractivity contribution in [2.75, 3.05) is 13.1 Å². The Hall–Kier alpha value is -0.600. The van der Waals surface area contributed by atoms with Crippen molar-refractivity contribution in [2.24, 2.45) is 10.8 Å². The Kier molecular flexibility index (Phi) is 11.0. The van der Waals surface area contributed by atoms with E-state index in [0.717, 1.165) is 12.1 Å². The molecule has 0 saturated carbocycles. The maximum absolute atomic E-state index is 2.61. The van der Waals surface area contributed by atoms with Gasteiger partial charge in [0.05, 0.1) is 25.2 Å². The molecule has 0 heterocycles. The fraction of sp³-hybridized carbons (Fsp3) is 0.867. The van der Waals surface area contributed by atoms with Gasteiger partial charge in [-0.3, -0.25) is 0 Å². The summed E-state index contributed by atoms with van der Waals surface area (Å²) in [6.45, 7) is 22.1. The van der Waals surface area contributed by atoms with E-state index in [1.807, 2.05) is 0 Å². The zero-order valence-electron chi connectivity index (χ0n) is 23.2. The standard InChI is InChI=1S/C30H56N2/c1-23-13-11-19-29(5,6)27(23)17-15-25(3)31-21-9-10-22-32-26(4)16-18-28-24(2)14-12-20-30(28,7)8/h25-26,31-32H,9-22H2,1-8H3/p+2. The summed E-state index contributed by atoms with van der Waals surface area (Å²) >= 11 is 0. The van der Waals surface area contributed by atoms with E-state index >= 15 is 0 Å². The van der Waals surface area contributed by atoms with E-state index < -0.39 is 0 Å². The van der Waals surface area contributed by atoms with E-state index in [1.54, 1.807) is 22.3 Å². The minimum atomic E-state index is 0.441. The average Bonchev–Trinajstić information content (AvgIpc) is 2.68. The van der Waals surface area contributed by atoms with Crippen LogP contribution in [0.15, 0.2) is 22.3 Å². The lowest BCUT2D eigenvalue weighted by molar-refractivity contribution is -0.695. The highest BCUT2D eigenvalue weighted by atomic mass is 14.9. The normalized spacial score (nSPS) is 22.9. The Labute approximate surface area is 201 Å². The van der Waals surface area contributed by atoms with Gasteiger partial charge >= 0.3 is 0 Å². The molecule has 0 radical (unpaired) electrons. The topological polar surface area (TPSA) is 33.2 Å². The molecule has 0 saturated heterocycles. The minimum Gasteiger partial charge on any atom is -0.344 e. The number of hydrogen-bond acceptors (Lipinski definition) is 0. The van der Waals surface area contributed by atoms with Gasteiger partial charge in [-0.2, -0.15) is 0 Å². The van der Waals surface area contributed by atoms with Crippen molar-refractivity contribution in [3.8, 4) is 0 Å². The first-order chi connectivity index (χ1) is 15.0. The van der Waals surface area contributed by atoms with Crippen LogP contribution in [0, 0.1) is 10.8 Å². The molecule has 0 aliphatic heterocycles. The Balaban J connectivity index is 1.55. The quantitative estimate of drug-likeness (QED) is 0.246. The molecule has 0 aromatic heterocycles. The van der Waals surface area contributed by atoms with Crippen molar-refractivity contribution in [3.63, 3.8) is 0 Å². The molecule has 0 aromatic rings. The molecular weight excluding hydrogens is 388 g/mol. The van der Waals surface area contributed by atoms with Crippen molar-refractivity contribution >= 4 is 0 Å². The summed E-state index contributed by atoms with van der Waals surface area (Å²) in [6.07, 6.45) is 16.2. The lowest BCUT2D eigenvalue weighted by atomic mass is 9.71. The summed E-state index contributed by atoms with van der Waals surface area (Å²) in [5.41, 5.74) is 7.81. The van der Waals surface area contributed by atoms with Gasteiger partial charge in [0.1, 0.15) is 0 Å². The highest BCUT2D eigenvalue weighted by Crippen LogP contribution is 2.43. The molecule has 2 aliphatic carbocycles. The highest BCUT2D eigenvalue weighted by Gasteiger charge is 2.29. The van der Waals surface area contributed by atoms with E-state index in [2.05, 4.69) is 66.0 Å². The molecule has 32 heavy (non-hydrogen) atoms. The van der Waals surface area contributed by atoms with Gasteiger partial charge in [0, 0.05) is 25.7 Å². The van der Waals surface area contributed by atoms with Crippen LogP contribution < -0.4 is 10.6 Å². The maximum atomic E-state index is 2.61. The summed E-state index contributed by atoms with van der Waals surface area (Å²) in [5.74, 6) is 0. The van der Waals surface area contributed by atoms with E-state index in [9.17, 15) is 0 Å². The van der Waals surface area contributed by atoms with Crippen molar-refractivity contribution < 1.29 is 10.6 Å². The SMILES string of the molecule is CC1=C(CCC(C)[NH2+]CCCC[NH2+]C(C)CCC2=C(C)CCCC2(C)C)C(C)(C)CCC1. The third kappa shape index (κ3) is 8.64. The molecule has 2 unspecified atom stereocenters. The van der Waals surface area contributed by atoms with E-state index in [0.29, 0.717) is 10.8 Å². The largest absolute Gasteiger partial charge is 0.344 e. The van der Waals surface area contributed by atoms with Crippen LogP contribution in [0.2, 0.25) is 0 Å².